The van der Waals surface area contributed by atoms with Gasteiger partial charge in [0.05, 0.1) is 26.4 Å². The first kappa shape index (κ1) is 21.5. The van der Waals surface area contributed by atoms with Gasteiger partial charge in [0.2, 0.25) is 11.8 Å². The Kier molecular flexibility index (Phi) is 7.85. The highest BCUT2D eigenvalue weighted by Crippen LogP contribution is 2.31. The van der Waals surface area contributed by atoms with Crippen LogP contribution in [-0.2, 0) is 14.3 Å². The largest absolute Gasteiger partial charge is 0.497 e. The lowest BCUT2D eigenvalue weighted by atomic mass is 10.0. The van der Waals surface area contributed by atoms with Crippen molar-refractivity contribution in [1.82, 2.24) is 20.4 Å². The van der Waals surface area contributed by atoms with Crippen LogP contribution in [0.1, 0.15) is 24.4 Å². The monoisotopic (exact) mass is 404 g/mol. The van der Waals surface area contributed by atoms with Crippen molar-refractivity contribution in [2.45, 2.75) is 24.9 Å². The number of ether oxygens (including phenoxy) is 2. The Bertz CT molecular complexity index is 676. The third-order valence-electron chi connectivity index (χ3n) is 5.69. The minimum absolute atomic E-state index is 0.00169. The number of amides is 2. The molecular weight excluding hydrogens is 372 g/mol. The predicted molar refractivity (Wildman–Crippen MR) is 110 cm³/mol. The Morgan fingerprint density at radius 3 is 2.59 bits per heavy atom. The van der Waals surface area contributed by atoms with Crippen molar-refractivity contribution in [3.63, 3.8) is 0 Å². The first-order chi connectivity index (χ1) is 14.1. The molecule has 2 saturated heterocycles. The first-order valence-corrected chi connectivity index (χ1v) is 10.3. The number of hydrogen-bond acceptors (Lipinski definition) is 6. The van der Waals surface area contributed by atoms with Crippen molar-refractivity contribution in [2.75, 3.05) is 60.1 Å². The number of methoxy groups -OCH3 is 1. The van der Waals surface area contributed by atoms with Gasteiger partial charge in [-0.05, 0) is 30.5 Å². The lowest BCUT2D eigenvalue weighted by Gasteiger charge is -2.32. The van der Waals surface area contributed by atoms with E-state index in [9.17, 15) is 9.59 Å². The Morgan fingerprint density at radius 1 is 1.21 bits per heavy atom. The molecule has 2 amide bonds. The fraction of sp³-hybridized carbons (Fsp3) is 0.619. The minimum Gasteiger partial charge on any atom is -0.497 e. The molecule has 0 spiro atoms. The standard InChI is InChI=1S/C21H32N4O4/c1-22-21(27)19(16-5-7-17(28-2)8-6-16)25-10-3-4-18(25)20(26)23-9-11-24-12-14-29-15-13-24/h5-8,18-19H,3-4,9-15H2,1-2H3,(H,22,27)(H,23,26). The zero-order chi connectivity index (χ0) is 20.6. The van der Waals surface area contributed by atoms with Crippen molar-refractivity contribution in [3.8, 4) is 5.75 Å². The Labute approximate surface area is 172 Å². The number of carbonyl (C=O) groups is 2. The molecule has 0 bridgehead atoms. The molecule has 8 nitrogen and oxygen atoms in total. The molecule has 8 heteroatoms. The number of carbonyl (C=O) groups excluding carboxylic acids is 2. The zero-order valence-electron chi connectivity index (χ0n) is 17.4. The summed E-state index contributed by atoms with van der Waals surface area (Å²) in [6, 6.07) is 6.68. The first-order valence-electron chi connectivity index (χ1n) is 10.3. The van der Waals surface area contributed by atoms with Crippen molar-refractivity contribution < 1.29 is 19.1 Å². The summed E-state index contributed by atoms with van der Waals surface area (Å²) in [5, 5.41) is 5.82. The number of rotatable bonds is 8. The third-order valence-corrected chi connectivity index (χ3v) is 5.69. The summed E-state index contributed by atoms with van der Waals surface area (Å²) in [7, 11) is 3.25. The van der Waals surface area contributed by atoms with Crippen LogP contribution in [0.4, 0.5) is 0 Å². The molecule has 160 valence electrons. The molecule has 0 saturated carbocycles. The molecule has 29 heavy (non-hydrogen) atoms. The van der Waals surface area contributed by atoms with E-state index in [1.165, 1.54) is 0 Å². The van der Waals surface area contributed by atoms with Crippen LogP contribution in [0.2, 0.25) is 0 Å². The maximum Gasteiger partial charge on any atom is 0.241 e. The van der Waals surface area contributed by atoms with E-state index in [0.717, 1.165) is 57.0 Å². The summed E-state index contributed by atoms with van der Waals surface area (Å²) in [4.78, 5) is 29.9. The molecule has 2 aliphatic rings. The van der Waals surface area contributed by atoms with E-state index in [4.69, 9.17) is 9.47 Å². The lowest BCUT2D eigenvalue weighted by molar-refractivity contribution is -0.131. The van der Waals surface area contributed by atoms with Crippen molar-refractivity contribution in [1.29, 1.82) is 0 Å². The van der Waals surface area contributed by atoms with E-state index < -0.39 is 6.04 Å². The molecule has 0 aliphatic carbocycles. The van der Waals surface area contributed by atoms with Crippen LogP contribution in [-0.4, -0.2) is 87.8 Å². The fourth-order valence-electron chi connectivity index (χ4n) is 4.08. The fourth-order valence-corrected chi connectivity index (χ4v) is 4.08. The molecule has 2 heterocycles. The van der Waals surface area contributed by atoms with Gasteiger partial charge in [-0.3, -0.25) is 19.4 Å². The van der Waals surface area contributed by atoms with Crippen molar-refractivity contribution in [3.05, 3.63) is 29.8 Å². The molecule has 1 aromatic carbocycles. The van der Waals surface area contributed by atoms with E-state index in [0.29, 0.717) is 13.1 Å². The van der Waals surface area contributed by atoms with E-state index >= 15 is 0 Å². The molecule has 1 aromatic rings. The van der Waals surface area contributed by atoms with Crippen LogP contribution in [0, 0.1) is 0 Å². The highest BCUT2D eigenvalue weighted by molar-refractivity contribution is 5.86. The summed E-state index contributed by atoms with van der Waals surface area (Å²) in [5.74, 6) is 0.629. The second-order valence-corrected chi connectivity index (χ2v) is 7.43. The number of nitrogens with one attached hydrogen (secondary N) is 2. The number of benzene rings is 1. The van der Waals surface area contributed by atoms with Crippen LogP contribution < -0.4 is 15.4 Å². The van der Waals surface area contributed by atoms with Gasteiger partial charge in [0.15, 0.2) is 0 Å². The summed E-state index contributed by atoms with van der Waals surface area (Å²) in [5.41, 5.74) is 0.859. The highest BCUT2D eigenvalue weighted by atomic mass is 16.5. The second kappa shape index (κ2) is 10.6. The van der Waals surface area contributed by atoms with Crippen LogP contribution in [0.25, 0.3) is 0 Å². The van der Waals surface area contributed by atoms with Crippen LogP contribution in [0.5, 0.6) is 5.75 Å². The smallest absolute Gasteiger partial charge is 0.241 e. The van der Waals surface area contributed by atoms with Gasteiger partial charge >= 0.3 is 0 Å². The number of likely N-dealkylation sites (N-methyl/N-ethyl adjacent to an activating group) is 1. The summed E-state index contributed by atoms with van der Waals surface area (Å²) in [6.45, 7) is 5.45. The van der Waals surface area contributed by atoms with Crippen molar-refractivity contribution in [2.24, 2.45) is 0 Å². The molecule has 3 rings (SSSR count). The number of morpholine rings is 1. The van der Waals surface area contributed by atoms with Gasteiger partial charge in [-0.15, -0.1) is 0 Å². The molecule has 2 atom stereocenters. The summed E-state index contributed by atoms with van der Waals surface area (Å²) < 4.78 is 10.6. The van der Waals surface area contributed by atoms with E-state index in [-0.39, 0.29) is 17.9 Å². The van der Waals surface area contributed by atoms with E-state index in [1.807, 2.05) is 29.2 Å². The SMILES string of the molecule is CNC(=O)C(c1ccc(OC)cc1)N1CCCC1C(=O)NCCN1CCOCC1. The quantitative estimate of drug-likeness (QED) is 0.653. The maximum atomic E-state index is 12.9. The van der Waals surface area contributed by atoms with E-state index in [2.05, 4.69) is 15.5 Å². The van der Waals surface area contributed by atoms with Gasteiger partial charge in [-0.2, -0.15) is 0 Å². The normalized spacial score (nSPS) is 21.5. The van der Waals surface area contributed by atoms with Gasteiger partial charge in [-0.25, -0.2) is 0 Å². The molecule has 2 N–H and O–H groups in total. The Balaban J connectivity index is 1.64. The summed E-state index contributed by atoms with van der Waals surface area (Å²) >= 11 is 0. The zero-order valence-corrected chi connectivity index (χ0v) is 17.4. The molecule has 2 fully saturated rings. The molecular formula is C21H32N4O4. The number of hydrogen-bond donors (Lipinski definition) is 2. The van der Waals surface area contributed by atoms with Crippen molar-refractivity contribution >= 4 is 11.8 Å². The van der Waals surface area contributed by atoms with E-state index in [1.54, 1.807) is 14.2 Å². The van der Waals surface area contributed by atoms with Gasteiger partial charge in [0, 0.05) is 39.8 Å². The average Bonchev–Trinajstić information content (AvgIpc) is 3.24. The Hall–Kier alpha value is -2.16. The molecule has 0 aromatic heterocycles. The van der Waals surface area contributed by atoms with Gasteiger partial charge in [0.1, 0.15) is 11.8 Å². The number of nitrogens with zero attached hydrogens (tertiary/aromatic N) is 2. The third kappa shape index (κ3) is 5.46. The van der Waals surface area contributed by atoms with Gasteiger partial charge in [-0.1, -0.05) is 12.1 Å². The maximum absolute atomic E-state index is 12.9. The van der Waals surface area contributed by atoms with Crippen LogP contribution >= 0.6 is 0 Å². The van der Waals surface area contributed by atoms with Gasteiger partial charge in [0.25, 0.3) is 0 Å². The predicted octanol–water partition coefficient (Wildman–Crippen LogP) is 0.395. The highest BCUT2D eigenvalue weighted by Gasteiger charge is 2.39. The Morgan fingerprint density at radius 2 is 1.93 bits per heavy atom. The second-order valence-electron chi connectivity index (χ2n) is 7.43. The topological polar surface area (TPSA) is 83.1 Å². The lowest BCUT2D eigenvalue weighted by Crippen LogP contribution is -2.50. The summed E-state index contributed by atoms with van der Waals surface area (Å²) in [6.07, 6.45) is 1.65. The molecule has 0 radical (unpaired) electrons. The van der Waals surface area contributed by atoms with Gasteiger partial charge < -0.3 is 20.1 Å². The van der Waals surface area contributed by atoms with Crippen LogP contribution in [0.15, 0.2) is 24.3 Å². The molecule has 2 unspecified atom stereocenters. The average molecular weight is 405 g/mol. The number of likely N-dealkylation sites (tertiary alicyclic amines) is 1. The molecule has 2 aliphatic heterocycles. The van der Waals surface area contributed by atoms with Crippen LogP contribution in [0.3, 0.4) is 0 Å². The minimum atomic E-state index is -0.497.